The third kappa shape index (κ3) is 0.907. The van der Waals surface area contributed by atoms with Crippen LogP contribution in [0.1, 0.15) is 10.9 Å². The molecule has 0 aromatic carbocycles. The molecule has 2 heterocycles. The average molecular weight is 149 g/mol. The van der Waals surface area contributed by atoms with Crippen LogP contribution in [0.5, 0.6) is 0 Å². The molecule has 0 radical (unpaired) electrons. The highest BCUT2D eigenvalue weighted by Crippen LogP contribution is 2.25. The van der Waals surface area contributed by atoms with Gasteiger partial charge in [-0.05, 0) is 17.5 Å². The smallest absolute Gasteiger partial charge is 0.102 e. The quantitative estimate of drug-likeness (QED) is 0.581. The highest BCUT2D eigenvalue weighted by Gasteiger charge is 2.07. The second kappa shape index (κ2) is 2.39. The number of aliphatic imine (C=N–C) groups is 1. The number of hydrogen-bond donors (Lipinski definition) is 0. The minimum atomic E-state index is 0.306. The van der Waals surface area contributed by atoms with E-state index in [0.717, 1.165) is 0 Å². The van der Waals surface area contributed by atoms with Crippen LogP contribution in [0.2, 0.25) is 0 Å². The zero-order chi connectivity index (χ0) is 6.81. The van der Waals surface area contributed by atoms with E-state index in [1.54, 1.807) is 11.3 Å². The average Bonchev–Trinajstić information content (AvgIpc) is 2.59. The van der Waals surface area contributed by atoms with E-state index in [4.69, 9.17) is 0 Å². The maximum Gasteiger partial charge on any atom is 0.102 e. The lowest BCUT2D eigenvalue weighted by Crippen LogP contribution is -1.80. The van der Waals surface area contributed by atoms with Gasteiger partial charge in [0.05, 0.1) is 0 Å². The largest absolute Gasteiger partial charge is 0.280 e. The third-order valence-electron chi connectivity index (χ3n) is 1.46. The Bertz CT molecular complexity index is 247. The third-order valence-corrected chi connectivity index (χ3v) is 2.40. The summed E-state index contributed by atoms with van der Waals surface area (Å²) in [4.78, 5) is 5.58. The molecule has 1 aromatic heterocycles. The van der Waals surface area contributed by atoms with Crippen molar-refractivity contribution >= 4 is 17.6 Å². The van der Waals surface area contributed by atoms with E-state index in [0.29, 0.717) is 6.04 Å². The number of allylic oxidation sites excluding steroid dienone is 1. The van der Waals surface area contributed by atoms with Crippen LogP contribution in [0.25, 0.3) is 0 Å². The molecule has 1 nitrogen and oxygen atoms in total. The fourth-order valence-electron chi connectivity index (χ4n) is 0.975. The first kappa shape index (κ1) is 5.86. The lowest BCUT2D eigenvalue weighted by atomic mass is 10.2. The normalized spacial score (nSPS) is 22.2. The van der Waals surface area contributed by atoms with Crippen LogP contribution in [0.4, 0.5) is 0 Å². The summed E-state index contributed by atoms with van der Waals surface area (Å²) in [5.74, 6) is 0. The van der Waals surface area contributed by atoms with Gasteiger partial charge in [0.2, 0.25) is 0 Å². The van der Waals surface area contributed by atoms with Gasteiger partial charge in [0.15, 0.2) is 0 Å². The number of hydrogen-bond acceptors (Lipinski definition) is 2. The van der Waals surface area contributed by atoms with Crippen molar-refractivity contribution in [2.24, 2.45) is 4.99 Å². The van der Waals surface area contributed by atoms with Crippen molar-refractivity contribution in [1.29, 1.82) is 0 Å². The van der Waals surface area contributed by atoms with Crippen LogP contribution in [-0.2, 0) is 0 Å². The van der Waals surface area contributed by atoms with Crippen molar-refractivity contribution in [3.8, 4) is 0 Å². The van der Waals surface area contributed by atoms with Gasteiger partial charge < -0.3 is 0 Å². The predicted octanol–water partition coefficient (Wildman–Crippen LogP) is 2.43. The summed E-state index contributed by atoms with van der Waals surface area (Å²) in [6.07, 6.45) is 5.95. The van der Waals surface area contributed by atoms with Gasteiger partial charge in [-0.15, -0.1) is 11.3 Å². The summed E-state index contributed by atoms with van der Waals surface area (Å²) in [6.45, 7) is 0. The topological polar surface area (TPSA) is 12.4 Å². The van der Waals surface area contributed by atoms with Crippen LogP contribution >= 0.6 is 11.3 Å². The first-order valence-corrected chi connectivity index (χ1v) is 4.08. The van der Waals surface area contributed by atoms with Gasteiger partial charge in [-0.1, -0.05) is 12.1 Å². The molecule has 2 rings (SSSR count). The van der Waals surface area contributed by atoms with Gasteiger partial charge in [-0.3, -0.25) is 4.99 Å². The van der Waals surface area contributed by atoms with E-state index < -0.39 is 0 Å². The molecule has 1 aromatic rings. The molecule has 2 heteroatoms. The van der Waals surface area contributed by atoms with Gasteiger partial charge >= 0.3 is 0 Å². The molecule has 1 atom stereocenters. The van der Waals surface area contributed by atoms with Crippen molar-refractivity contribution in [2.45, 2.75) is 6.04 Å². The highest BCUT2D eigenvalue weighted by molar-refractivity contribution is 7.10. The van der Waals surface area contributed by atoms with Crippen molar-refractivity contribution in [3.05, 3.63) is 34.5 Å². The fourth-order valence-corrected chi connectivity index (χ4v) is 1.73. The second-order valence-corrected chi connectivity index (χ2v) is 3.12. The van der Waals surface area contributed by atoms with Crippen LogP contribution in [0.15, 0.2) is 34.7 Å². The van der Waals surface area contributed by atoms with Gasteiger partial charge in [-0.2, -0.15) is 0 Å². The van der Waals surface area contributed by atoms with Gasteiger partial charge in [0, 0.05) is 11.1 Å². The molecule has 0 N–H and O–H groups in total. The molecule has 1 aliphatic heterocycles. The van der Waals surface area contributed by atoms with E-state index in [9.17, 15) is 0 Å². The molecule has 50 valence electrons. The molecule has 0 saturated heterocycles. The number of rotatable bonds is 1. The van der Waals surface area contributed by atoms with Crippen LogP contribution in [-0.4, -0.2) is 6.21 Å². The standard InChI is InChI=1S/C8H7NS/c1-3-7(9-5-1)8-4-2-6-10-8/h1-7H. The van der Waals surface area contributed by atoms with Crippen molar-refractivity contribution in [1.82, 2.24) is 0 Å². The zero-order valence-corrected chi connectivity index (χ0v) is 6.21. The van der Waals surface area contributed by atoms with Crippen molar-refractivity contribution in [2.75, 3.05) is 0 Å². The zero-order valence-electron chi connectivity index (χ0n) is 5.40. The molecule has 0 amide bonds. The Kier molecular flexibility index (Phi) is 1.40. The molecule has 0 bridgehead atoms. The van der Waals surface area contributed by atoms with Crippen LogP contribution in [0, 0.1) is 0 Å². The van der Waals surface area contributed by atoms with Crippen LogP contribution in [0.3, 0.4) is 0 Å². The van der Waals surface area contributed by atoms with Gasteiger partial charge in [-0.25, -0.2) is 0 Å². The summed E-state index contributed by atoms with van der Waals surface area (Å²) in [5, 5.41) is 2.08. The first-order chi connectivity index (χ1) is 4.97. The Hall–Kier alpha value is -0.890. The number of nitrogens with zero attached hydrogens (tertiary/aromatic N) is 1. The molecule has 10 heavy (non-hydrogen) atoms. The predicted molar refractivity (Wildman–Crippen MR) is 44.7 cm³/mol. The highest BCUT2D eigenvalue weighted by atomic mass is 32.1. The monoisotopic (exact) mass is 149 g/mol. The summed E-state index contributed by atoms with van der Waals surface area (Å²) < 4.78 is 0. The maximum atomic E-state index is 4.25. The summed E-state index contributed by atoms with van der Waals surface area (Å²) >= 11 is 1.76. The summed E-state index contributed by atoms with van der Waals surface area (Å²) in [7, 11) is 0. The Labute approximate surface area is 63.7 Å². The van der Waals surface area contributed by atoms with Crippen molar-refractivity contribution < 1.29 is 0 Å². The minimum absolute atomic E-state index is 0.306. The van der Waals surface area contributed by atoms with Crippen molar-refractivity contribution in [3.63, 3.8) is 0 Å². The van der Waals surface area contributed by atoms with Gasteiger partial charge in [0.1, 0.15) is 6.04 Å². The molecular formula is C8H7NS. The summed E-state index contributed by atoms with van der Waals surface area (Å²) in [5.41, 5.74) is 0. The molecular weight excluding hydrogens is 142 g/mol. The van der Waals surface area contributed by atoms with E-state index in [2.05, 4.69) is 28.6 Å². The molecule has 0 saturated carbocycles. The Balaban J connectivity index is 2.29. The SMILES string of the molecule is C1=CC(c2cccs2)N=C1. The number of thiophene rings is 1. The van der Waals surface area contributed by atoms with Gasteiger partial charge in [0.25, 0.3) is 0 Å². The summed E-state index contributed by atoms with van der Waals surface area (Å²) in [6, 6.07) is 4.48. The van der Waals surface area contributed by atoms with Crippen LogP contribution < -0.4 is 0 Å². The minimum Gasteiger partial charge on any atom is -0.280 e. The van der Waals surface area contributed by atoms with E-state index in [-0.39, 0.29) is 0 Å². The first-order valence-electron chi connectivity index (χ1n) is 3.20. The molecule has 1 aliphatic rings. The van der Waals surface area contributed by atoms with E-state index in [1.807, 2.05) is 12.3 Å². The lowest BCUT2D eigenvalue weighted by Gasteiger charge is -1.97. The lowest BCUT2D eigenvalue weighted by molar-refractivity contribution is 0.963. The van der Waals surface area contributed by atoms with E-state index >= 15 is 0 Å². The molecule has 0 fully saturated rings. The fraction of sp³-hybridized carbons (Fsp3) is 0.125. The molecule has 0 aliphatic carbocycles. The Morgan fingerprint density at radius 3 is 3.10 bits per heavy atom. The van der Waals surface area contributed by atoms with E-state index in [1.165, 1.54) is 4.88 Å². The molecule has 1 unspecified atom stereocenters. The maximum absolute atomic E-state index is 4.25. The second-order valence-electron chi connectivity index (χ2n) is 2.14. The Morgan fingerprint density at radius 1 is 1.50 bits per heavy atom. The Morgan fingerprint density at radius 2 is 2.50 bits per heavy atom. The molecule has 0 spiro atoms.